The van der Waals surface area contributed by atoms with Crippen LogP contribution in [0.1, 0.15) is 52.4 Å². The molecule has 0 unspecified atom stereocenters. The van der Waals surface area contributed by atoms with Crippen molar-refractivity contribution >= 4 is 5.97 Å². The summed E-state index contributed by atoms with van der Waals surface area (Å²) in [4.78, 5) is 11.6. The molecule has 0 radical (unpaired) electrons. The van der Waals surface area contributed by atoms with Crippen molar-refractivity contribution < 1.29 is 14.6 Å². The number of unbranched alkanes of at least 4 members (excludes halogenated alkanes) is 2. The van der Waals surface area contributed by atoms with Crippen LogP contribution in [0.15, 0.2) is 0 Å². The molecule has 0 saturated heterocycles. The van der Waals surface area contributed by atoms with Gasteiger partial charge in [-0.1, -0.05) is 39.5 Å². The molecule has 0 aromatic carbocycles. The first kappa shape index (κ1) is 14.4. The molecule has 0 aliphatic heterocycles. The lowest BCUT2D eigenvalue weighted by molar-refractivity contribution is -0.150. The van der Waals surface area contributed by atoms with Gasteiger partial charge in [0.25, 0.3) is 0 Å². The van der Waals surface area contributed by atoms with Crippen LogP contribution >= 0.6 is 0 Å². The lowest BCUT2D eigenvalue weighted by atomic mass is 9.96. The summed E-state index contributed by atoms with van der Waals surface area (Å²) in [5.41, 5.74) is 0. The third-order valence-electron chi connectivity index (χ3n) is 2.48. The van der Waals surface area contributed by atoms with Gasteiger partial charge in [-0.3, -0.25) is 4.79 Å². The predicted molar refractivity (Wildman–Crippen MR) is 60.6 cm³/mol. The molecule has 0 atom stereocenters. The number of aliphatic hydroxyl groups is 1. The summed E-state index contributed by atoms with van der Waals surface area (Å²) in [6.45, 7) is 4.29. The van der Waals surface area contributed by atoms with Crippen molar-refractivity contribution in [2.45, 2.75) is 52.4 Å². The van der Waals surface area contributed by atoms with E-state index in [0.29, 0.717) is 0 Å². The Morgan fingerprint density at radius 1 is 1.20 bits per heavy atom. The molecule has 15 heavy (non-hydrogen) atoms. The maximum Gasteiger partial charge on any atom is 0.309 e. The number of hydrogen-bond acceptors (Lipinski definition) is 3. The van der Waals surface area contributed by atoms with E-state index < -0.39 is 0 Å². The molecule has 0 fully saturated rings. The highest BCUT2D eigenvalue weighted by molar-refractivity contribution is 5.72. The minimum Gasteiger partial charge on any atom is -0.463 e. The average Bonchev–Trinajstić information content (AvgIpc) is 2.26. The minimum absolute atomic E-state index is 0.0384. The molecule has 0 saturated carbocycles. The van der Waals surface area contributed by atoms with Crippen LogP contribution in [0.2, 0.25) is 0 Å². The first-order valence-corrected chi connectivity index (χ1v) is 6.03. The largest absolute Gasteiger partial charge is 0.463 e. The van der Waals surface area contributed by atoms with Gasteiger partial charge in [0.05, 0.1) is 12.5 Å². The maximum absolute atomic E-state index is 11.6. The molecule has 3 heteroatoms. The van der Waals surface area contributed by atoms with Gasteiger partial charge in [-0.15, -0.1) is 0 Å². The van der Waals surface area contributed by atoms with Gasteiger partial charge in [0, 0.05) is 0 Å². The Morgan fingerprint density at radius 2 is 1.73 bits per heavy atom. The summed E-state index contributed by atoms with van der Waals surface area (Å²) >= 11 is 0. The number of aliphatic hydroxyl groups excluding tert-OH is 1. The lowest BCUT2D eigenvalue weighted by Crippen LogP contribution is -2.19. The number of carbonyl (C=O) groups excluding carboxylic acids is 1. The fourth-order valence-corrected chi connectivity index (χ4v) is 1.55. The van der Waals surface area contributed by atoms with E-state index in [4.69, 9.17) is 9.84 Å². The Morgan fingerprint density at radius 3 is 2.13 bits per heavy atom. The summed E-state index contributed by atoms with van der Waals surface area (Å²) in [6, 6.07) is 0. The zero-order valence-corrected chi connectivity index (χ0v) is 10.00. The van der Waals surface area contributed by atoms with Crippen molar-refractivity contribution in [3.8, 4) is 0 Å². The van der Waals surface area contributed by atoms with E-state index >= 15 is 0 Å². The van der Waals surface area contributed by atoms with Crippen LogP contribution in [0.5, 0.6) is 0 Å². The monoisotopic (exact) mass is 216 g/mol. The molecule has 0 aliphatic carbocycles. The fourth-order valence-electron chi connectivity index (χ4n) is 1.55. The van der Waals surface area contributed by atoms with Crippen LogP contribution in [0.25, 0.3) is 0 Å². The Labute approximate surface area is 92.8 Å². The van der Waals surface area contributed by atoms with Gasteiger partial charge in [0.1, 0.15) is 6.61 Å². The van der Waals surface area contributed by atoms with E-state index in [0.717, 1.165) is 38.5 Å². The molecule has 0 rings (SSSR count). The topological polar surface area (TPSA) is 46.5 Å². The molecule has 1 N–H and O–H groups in total. The smallest absolute Gasteiger partial charge is 0.309 e. The van der Waals surface area contributed by atoms with Gasteiger partial charge in [-0.25, -0.2) is 0 Å². The minimum atomic E-state index is -0.133. The van der Waals surface area contributed by atoms with Crippen molar-refractivity contribution in [3.63, 3.8) is 0 Å². The molecule has 90 valence electrons. The van der Waals surface area contributed by atoms with Crippen LogP contribution in [-0.2, 0) is 9.53 Å². The second kappa shape index (κ2) is 9.97. The normalized spacial score (nSPS) is 10.7. The van der Waals surface area contributed by atoms with Crippen LogP contribution in [-0.4, -0.2) is 24.3 Å². The molecule has 0 spiro atoms. The molecule has 0 amide bonds. The van der Waals surface area contributed by atoms with E-state index in [9.17, 15) is 4.79 Å². The van der Waals surface area contributed by atoms with Gasteiger partial charge in [-0.2, -0.15) is 0 Å². The van der Waals surface area contributed by atoms with E-state index in [1.165, 1.54) is 0 Å². The molecule has 0 aromatic rings. The Hall–Kier alpha value is -0.570. The van der Waals surface area contributed by atoms with E-state index in [2.05, 4.69) is 13.8 Å². The Balaban J connectivity index is 3.90. The van der Waals surface area contributed by atoms with Crippen molar-refractivity contribution in [2.75, 3.05) is 13.2 Å². The van der Waals surface area contributed by atoms with Crippen molar-refractivity contribution in [2.24, 2.45) is 5.92 Å². The molecule has 0 aliphatic rings. The van der Waals surface area contributed by atoms with Gasteiger partial charge in [0.15, 0.2) is 0 Å². The summed E-state index contributed by atoms with van der Waals surface area (Å²) in [7, 11) is 0. The van der Waals surface area contributed by atoms with Gasteiger partial charge in [-0.05, 0) is 12.8 Å². The second-order valence-corrected chi connectivity index (χ2v) is 3.87. The zero-order valence-electron chi connectivity index (χ0n) is 10.00. The van der Waals surface area contributed by atoms with E-state index in [-0.39, 0.29) is 25.1 Å². The molecule has 3 nitrogen and oxygen atoms in total. The number of ether oxygens (including phenoxy) is 1. The highest BCUT2D eigenvalue weighted by atomic mass is 16.5. The zero-order chi connectivity index (χ0) is 11.5. The number of esters is 1. The van der Waals surface area contributed by atoms with Crippen molar-refractivity contribution in [1.29, 1.82) is 0 Å². The third-order valence-corrected chi connectivity index (χ3v) is 2.48. The first-order valence-electron chi connectivity index (χ1n) is 6.03. The number of hydrogen-bond donors (Lipinski definition) is 1. The van der Waals surface area contributed by atoms with Crippen LogP contribution in [0.3, 0.4) is 0 Å². The lowest BCUT2D eigenvalue weighted by Gasteiger charge is -2.14. The quantitative estimate of drug-likeness (QED) is 0.602. The van der Waals surface area contributed by atoms with Gasteiger partial charge < -0.3 is 9.84 Å². The third kappa shape index (κ3) is 7.37. The summed E-state index contributed by atoms with van der Waals surface area (Å²) in [6.07, 6.45) is 6.19. The van der Waals surface area contributed by atoms with E-state index in [1.54, 1.807) is 0 Å². The maximum atomic E-state index is 11.6. The summed E-state index contributed by atoms with van der Waals surface area (Å²) in [5.74, 6) is -0.0950. The highest BCUT2D eigenvalue weighted by Crippen LogP contribution is 2.17. The van der Waals surface area contributed by atoms with Gasteiger partial charge >= 0.3 is 5.97 Å². The highest BCUT2D eigenvalue weighted by Gasteiger charge is 2.18. The average molecular weight is 216 g/mol. The summed E-state index contributed by atoms with van der Waals surface area (Å²) in [5, 5.41) is 8.57. The Kier molecular flexibility index (Phi) is 9.59. The molecule has 0 heterocycles. The number of carbonyl (C=O) groups is 1. The van der Waals surface area contributed by atoms with Crippen LogP contribution < -0.4 is 0 Å². The molecular weight excluding hydrogens is 192 g/mol. The van der Waals surface area contributed by atoms with Crippen molar-refractivity contribution in [1.82, 2.24) is 0 Å². The Bertz CT molecular complexity index is 149. The van der Waals surface area contributed by atoms with Gasteiger partial charge in [0.2, 0.25) is 0 Å². The second-order valence-electron chi connectivity index (χ2n) is 3.87. The first-order chi connectivity index (χ1) is 7.26. The van der Waals surface area contributed by atoms with Crippen molar-refractivity contribution in [3.05, 3.63) is 0 Å². The molecule has 0 bridgehead atoms. The standard InChI is InChI=1S/C12H24O3/c1-3-5-7-11(8-6-4-2)12(14)15-10-9-13/h11,13H,3-10H2,1-2H3. The molecular formula is C12H24O3. The SMILES string of the molecule is CCCCC(CCCC)C(=O)OCCO. The number of rotatable bonds is 9. The van der Waals surface area contributed by atoms with Crippen LogP contribution in [0.4, 0.5) is 0 Å². The summed E-state index contributed by atoms with van der Waals surface area (Å²) < 4.78 is 4.96. The molecule has 0 aromatic heterocycles. The van der Waals surface area contributed by atoms with Crippen LogP contribution in [0, 0.1) is 5.92 Å². The fraction of sp³-hybridized carbons (Fsp3) is 0.917. The predicted octanol–water partition coefficient (Wildman–Crippen LogP) is 2.52. The van der Waals surface area contributed by atoms with E-state index in [1.807, 2.05) is 0 Å².